The lowest BCUT2D eigenvalue weighted by molar-refractivity contribution is 0.669. The summed E-state index contributed by atoms with van der Waals surface area (Å²) in [6, 6.07) is 63.3. The Morgan fingerprint density at radius 3 is 1.88 bits per heavy atom. The molecule has 3 heteroatoms. The molecule has 0 N–H and O–H groups in total. The van der Waals surface area contributed by atoms with Crippen molar-refractivity contribution in [3.8, 4) is 22.3 Å². The first-order valence-electron chi connectivity index (χ1n) is 16.6. The molecule has 2 heterocycles. The van der Waals surface area contributed by atoms with E-state index >= 15 is 0 Å². The van der Waals surface area contributed by atoms with Crippen LogP contribution in [0.5, 0.6) is 0 Å². The van der Waals surface area contributed by atoms with Crippen LogP contribution in [0.15, 0.2) is 180 Å². The second-order valence-corrected chi connectivity index (χ2v) is 13.6. The van der Waals surface area contributed by atoms with Crippen molar-refractivity contribution in [1.29, 1.82) is 0 Å². The SMILES string of the molecule is c1ccc(-c2ccc3cc(-c4cccc(N(c5ccc6c(c5)oc5ccccc56)c5cccc6c5sc5ccccc56)c4)ccc3c2)cc1. The van der Waals surface area contributed by atoms with Gasteiger partial charge in [0.2, 0.25) is 0 Å². The van der Waals surface area contributed by atoms with E-state index in [9.17, 15) is 0 Å². The number of benzene rings is 8. The Morgan fingerprint density at radius 1 is 0.388 bits per heavy atom. The summed E-state index contributed by atoms with van der Waals surface area (Å²) in [7, 11) is 0. The van der Waals surface area contributed by atoms with Gasteiger partial charge in [-0.25, -0.2) is 0 Å². The average molecular weight is 644 g/mol. The van der Waals surface area contributed by atoms with Crippen molar-refractivity contribution in [1.82, 2.24) is 0 Å². The third-order valence-corrected chi connectivity index (χ3v) is 10.8. The Kier molecular flexibility index (Phi) is 6.39. The van der Waals surface area contributed by atoms with Crippen molar-refractivity contribution in [3.63, 3.8) is 0 Å². The highest BCUT2D eigenvalue weighted by Crippen LogP contribution is 2.46. The van der Waals surface area contributed by atoms with Crippen molar-refractivity contribution < 1.29 is 4.42 Å². The zero-order valence-electron chi connectivity index (χ0n) is 26.5. The standard InChI is InChI=1S/C46H29NOS/c1-2-10-30(11-3-1)32-20-21-35-27-33(22-23-34(35)26-32)31-12-8-13-36(28-31)47(37-24-25-39-38-14-4-6-18-43(38)48-44(39)29-37)42-17-9-16-41-40-15-5-7-19-45(40)49-46(41)42/h1-29H. The van der Waals surface area contributed by atoms with E-state index in [1.54, 1.807) is 0 Å². The molecule has 8 aromatic carbocycles. The number of hydrogen-bond donors (Lipinski definition) is 0. The van der Waals surface area contributed by atoms with Crippen molar-refractivity contribution in [3.05, 3.63) is 176 Å². The molecule has 0 bridgehead atoms. The Labute approximate surface area is 287 Å². The largest absolute Gasteiger partial charge is 0.456 e. The highest BCUT2D eigenvalue weighted by Gasteiger charge is 2.20. The normalized spacial score (nSPS) is 11.7. The molecule has 0 saturated carbocycles. The first kappa shape index (κ1) is 27.9. The fourth-order valence-electron chi connectivity index (χ4n) is 7.25. The van der Waals surface area contributed by atoms with Crippen LogP contribution >= 0.6 is 11.3 Å². The molecule has 0 aliphatic heterocycles. The van der Waals surface area contributed by atoms with E-state index in [4.69, 9.17) is 4.42 Å². The number of fused-ring (bicyclic) bond motifs is 7. The smallest absolute Gasteiger partial charge is 0.137 e. The zero-order valence-corrected chi connectivity index (χ0v) is 27.3. The van der Waals surface area contributed by atoms with E-state index < -0.39 is 0 Å². The lowest BCUT2D eigenvalue weighted by Gasteiger charge is -2.26. The van der Waals surface area contributed by atoms with Crippen LogP contribution < -0.4 is 4.90 Å². The molecule has 0 aliphatic carbocycles. The van der Waals surface area contributed by atoms with Crippen LogP contribution in [-0.4, -0.2) is 0 Å². The first-order chi connectivity index (χ1) is 24.3. The maximum absolute atomic E-state index is 6.40. The van der Waals surface area contributed by atoms with Crippen molar-refractivity contribution in [2.24, 2.45) is 0 Å². The number of hydrogen-bond acceptors (Lipinski definition) is 3. The summed E-state index contributed by atoms with van der Waals surface area (Å²) < 4.78 is 8.95. The van der Waals surface area contributed by atoms with Gasteiger partial charge in [-0.3, -0.25) is 0 Å². The van der Waals surface area contributed by atoms with Crippen LogP contribution in [0.1, 0.15) is 0 Å². The Morgan fingerprint density at radius 2 is 1.02 bits per heavy atom. The molecule has 10 aromatic rings. The highest BCUT2D eigenvalue weighted by molar-refractivity contribution is 7.26. The second-order valence-electron chi connectivity index (χ2n) is 12.6. The molecule has 2 nitrogen and oxygen atoms in total. The summed E-state index contributed by atoms with van der Waals surface area (Å²) in [5, 5.41) is 7.28. The van der Waals surface area contributed by atoms with Gasteiger partial charge >= 0.3 is 0 Å². The number of furan rings is 1. The monoisotopic (exact) mass is 643 g/mol. The zero-order chi connectivity index (χ0) is 32.3. The number of rotatable bonds is 5. The van der Waals surface area contributed by atoms with Crippen LogP contribution in [0.25, 0.3) is 75.1 Å². The maximum atomic E-state index is 6.40. The van der Waals surface area contributed by atoms with Gasteiger partial charge < -0.3 is 9.32 Å². The molecule has 0 fully saturated rings. The van der Waals surface area contributed by atoms with Crippen LogP contribution in [0.4, 0.5) is 17.1 Å². The van der Waals surface area contributed by atoms with Crippen molar-refractivity contribution in [2.75, 3.05) is 4.90 Å². The lowest BCUT2D eigenvalue weighted by atomic mass is 9.97. The predicted octanol–water partition coefficient (Wildman–Crippen LogP) is 13.9. The molecule has 0 amide bonds. The summed E-state index contributed by atoms with van der Waals surface area (Å²) >= 11 is 1.85. The minimum atomic E-state index is 0.882. The molecule has 0 unspecified atom stereocenters. The third-order valence-electron chi connectivity index (χ3n) is 9.63. The topological polar surface area (TPSA) is 16.4 Å². The third kappa shape index (κ3) is 4.70. The summed E-state index contributed by atoms with van der Waals surface area (Å²) in [5.74, 6) is 0. The molecular formula is C46H29NOS. The maximum Gasteiger partial charge on any atom is 0.137 e. The Hall–Kier alpha value is -6.16. The van der Waals surface area contributed by atoms with Gasteiger partial charge in [-0.15, -0.1) is 11.3 Å². The van der Waals surface area contributed by atoms with Gasteiger partial charge in [-0.05, 0) is 87.6 Å². The minimum absolute atomic E-state index is 0.882. The van der Waals surface area contributed by atoms with E-state index in [1.165, 1.54) is 53.2 Å². The Balaban J connectivity index is 1.13. The molecule has 230 valence electrons. The van der Waals surface area contributed by atoms with E-state index in [-0.39, 0.29) is 0 Å². The van der Waals surface area contributed by atoms with Gasteiger partial charge in [0.05, 0.1) is 10.4 Å². The molecule has 2 aromatic heterocycles. The molecule has 49 heavy (non-hydrogen) atoms. The molecular weight excluding hydrogens is 615 g/mol. The lowest BCUT2D eigenvalue weighted by Crippen LogP contribution is -2.10. The summed E-state index contributed by atoms with van der Waals surface area (Å²) in [5.41, 5.74) is 9.91. The van der Waals surface area contributed by atoms with E-state index in [2.05, 4.69) is 169 Å². The predicted molar refractivity (Wildman–Crippen MR) is 210 cm³/mol. The molecule has 0 spiro atoms. The summed E-state index contributed by atoms with van der Waals surface area (Å²) in [4.78, 5) is 2.39. The quantitative estimate of drug-likeness (QED) is 0.186. The van der Waals surface area contributed by atoms with Crippen molar-refractivity contribution in [2.45, 2.75) is 0 Å². The molecule has 0 aliphatic rings. The second kappa shape index (κ2) is 11.2. The molecule has 0 atom stereocenters. The number of thiophene rings is 1. The molecule has 10 rings (SSSR count). The Bertz CT molecular complexity index is 2840. The fourth-order valence-corrected chi connectivity index (χ4v) is 8.46. The van der Waals surface area contributed by atoms with Gasteiger partial charge in [0, 0.05) is 43.7 Å². The summed E-state index contributed by atoms with van der Waals surface area (Å²) in [6.45, 7) is 0. The minimum Gasteiger partial charge on any atom is -0.456 e. The average Bonchev–Trinajstić information content (AvgIpc) is 3.74. The highest BCUT2D eigenvalue weighted by atomic mass is 32.1. The van der Waals surface area contributed by atoms with Crippen LogP contribution in [0.3, 0.4) is 0 Å². The number of para-hydroxylation sites is 1. The van der Waals surface area contributed by atoms with Gasteiger partial charge in [-0.2, -0.15) is 0 Å². The summed E-state index contributed by atoms with van der Waals surface area (Å²) in [6.07, 6.45) is 0. The van der Waals surface area contributed by atoms with Crippen LogP contribution in [0.2, 0.25) is 0 Å². The number of anilines is 3. The van der Waals surface area contributed by atoms with Crippen molar-refractivity contribution >= 4 is 81.3 Å². The number of nitrogens with zero attached hydrogens (tertiary/aromatic N) is 1. The van der Waals surface area contributed by atoms with Gasteiger partial charge in [0.15, 0.2) is 0 Å². The van der Waals surface area contributed by atoms with E-state index in [0.717, 1.165) is 39.0 Å². The van der Waals surface area contributed by atoms with Gasteiger partial charge in [-0.1, -0.05) is 115 Å². The van der Waals surface area contributed by atoms with E-state index in [1.807, 2.05) is 23.5 Å². The van der Waals surface area contributed by atoms with Crippen LogP contribution in [-0.2, 0) is 0 Å². The fraction of sp³-hybridized carbons (Fsp3) is 0. The first-order valence-corrected chi connectivity index (χ1v) is 17.4. The molecule has 0 saturated heterocycles. The van der Waals surface area contributed by atoms with E-state index in [0.29, 0.717) is 0 Å². The van der Waals surface area contributed by atoms with Gasteiger partial charge in [0.25, 0.3) is 0 Å². The van der Waals surface area contributed by atoms with Crippen LogP contribution in [0, 0.1) is 0 Å². The van der Waals surface area contributed by atoms with Gasteiger partial charge in [0.1, 0.15) is 11.2 Å². The molecule has 0 radical (unpaired) electrons.